The number of terminal acetylenes is 1. The van der Waals surface area contributed by atoms with E-state index in [1.165, 1.54) is 12.0 Å². The first-order valence-corrected chi connectivity index (χ1v) is 8.86. The maximum absolute atomic E-state index is 10.8. The van der Waals surface area contributed by atoms with Gasteiger partial charge in [0.15, 0.2) is 5.78 Å². The lowest BCUT2D eigenvalue weighted by atomic mass is 9.97. The van der Waals surface area contributed by atoms with E-state index in [0.717, 1.165) is 18.4 Å². The molecule has 1 heteroatoms. The van der Waals surface area contributed by atoms with Crippen LogP contribution in [0.3, 0.4) is 0 Å². The van der Waals surface area contributed by atoms with Gasteiger partial charge in [0, 0.05) is 6.42 Å². The maximum atomic E-state index is 10.8. The molecule has 0 aromatic rings. The number of hydrogen-bond donors (Lipinski definition) is 0. The van der Waals surface area contributed by atoms with Crippen molar-refractivity contribution in [1.29, 1.82) is 0 Å². The van der Waals surface area contributed by atoms with Crippen LogP contribution in [0.25, 0.3) is 0 Å². The summed E-state index contributed by atoms with van der Waals surface area (Å²) >= 11 is 0. The standard InChI is InChI=1S/C12H18.C9H10O.C2H6/c1-5-8-10-12(9-6-2)11(4)7-3;1-8(10)9-6-4-2-3-5-7-9;1-2/h1,6,9-11H,7-8H2,2-4H3;2-6H,7H2,1H3;1-2H3/b9-6-,12-10+;;. The first kappa shape index (κ1) is 24.2. The molecule has 0 amide bonds. The van der Waals surface area contributed by atoms with Gasteiger partial charge in [-0.15, -0.1) is 12.3 Å². The van der Waals surface area contributed by atoms with Gasteiger partial charge in [-0.25, -0.2) is 0 Å². The van der Waals surface area contributed by atoms with E-state index in [4.69, 9.17) is 6.42 Å². The van der Waals surface area contributed by atoms with Crippen LogP contribution < -0.4 is 0 Å². The van der Waals surface area contributed by atoms with Gasteiger partial charge in [-0.2, -0.15) is 0 Å². The molecule has 1 atom stereocenters. The zero-order valence-electron chi connectivity index (χ0n) is 16.3. The van der Waals surface area contributed by atoms with Crippen molar-refractivity contribution in [3.63, 3.8) is 0 Å². The van der Waals surface area contributed by atoms with E-state index < -0.39 is 0 Å². The van der Waals surface area contributed by atoms with Gasteiger partial charge < -0.3 is 0 Å². The second kappa shape index (κ2) is 17.3. The smallest absolute Gasteiger partial charge is 0.156 e. The minimum absolute atomic E-state index is 0.163. The predicted octanol–water partition coefficient (Wildman–Crippen LogP) is 6.60. The second-order valence-electron chi connectivity index (χ2n) is 5.19. The first-order chi connectivity index (χ1) is 11.6. The third kappa shape index (κ3) is 12.5. The van der Waals surface area contributed by atoms with E-state index in [1.54, 1.807) is 6.92 Å². The summed E-state index contributed by atoms with van der Waals surface area (Å²) in [5.74, 6) is 3.41. The van der Waals surface area contributed by atoms with E-state index in [1.807, 2.05) is 51.2 Å². The minimum atomic E-state index is 0.163. The molecule has 0 saturated heterocycles. The molecule has 0 fully saturated rings. The Kier molecular flexibility index (Phi) is 17.4. The van der Waals surface area contributed by atoms with Crippen molar-refractivity contribution in [2.24, 2.45) is 5.92 Å². The van der Waals surface area contributed by atoms with Crippen molar-refractivity contribution in [2.45, 2.75) is 60.8 Å². The van der Waals surface area contributed by atoms with Crippen LogP contribution in [0.4, 0.5) is 0 Å². The Labute approximate surface area is 149 Å². The summed E-state index contributed by atoms with van der Waals surface area (Å²) in [4.78, 5) is 10.8. The number of Topliss-reactive ketones (excluding diaryl/α,β-unsaturated/α-hetero) is 1. The summed E-state index contributed by atoms with van der Waals surface area (Å²) in [6.07, 6.45) is 23.8. The molecule has 0 spiro atoms. The Morgan fingerprint density at radius 1 is 1.33 bits per heavy atom. The van der Waals surface area contributed by atoms with Gasteiger partial charge in [0.05, 0.1) is 0 Å². The molecular weight excluding hydrogens is 292 g/mol. The fourth-order valence-corrected chi connectivity index (χ4v) is 1.88. The molecule has 0 saturated carbocycles. The zero-order valence-corrected chi connectivity index (χ0v) is 16.3. The minimum Gasteiger partial charge on any atom is -0.295 e. The molecule has 132 valence electrons. The second-order valence-corrected chi connectivity index (χ2v) is 5.19. The Morgan fingerprint density at radius 3 is 2.50 bits per heavy atom. The molecule has 0 heterocycles. The van der Waals surface area contributed by atoms with Crippen molar-refractivity contribution in [3.05, 3.63) is 59.8 Å². The van der Waals surface area contributed by atoms with Crippen molar-refractivity contribution in [3.8, 4) is 12.3 Å². The van der Waals surface area contributed by atoms with Crippen molar-refractivity contribution >= 4 is 5.78 Å². The van der Waals surface area contributed by atoms with Crippen molar-refractivity contribution in [2.75, 3.05) is 0 Å². The van der Waals surface area contributed by atoms with Crippen LogP contribution in [0.2, 0.25) is 0 Å². The lowest BCUT2D eigenvalue weighted by Gasteiger charge is -2.08. The topological polar surface area (TPSA) is 17.1 Å². The number of carbonyl (C=O) groups is 1. The monoisotopic (exact) mass is 326 g/mol. The lowest BCUT2D eigenvalue weighted by Crippen LogP contribution is -1.94. The quantitative estimate of drug-likeness (QED) is 0.411. The fraction of sp³-hybridized carbons (Fsp3) is 0.435. The van der Waals surface area contributed by atoms with E-state index in [-0.39, 0.29) is 5.78 Å². The average Bonchev–Trinajstić information content (AvgIpc) is 2.90. The average molecular weight is 327 g/mol. The molecular formula is C23H34O. The molecule has 1 unspecified atom stereocenters. The van der Waals surface area contributed by atoms with Crippen molar-refractivity contribution < 1.29 is 4.79 Å². The number of rotatable bonds is 5. The molecule has 0 aromatic carbocycles. The van der Waals surface area contributed by atoms with Gasteiger partial charge in [0.2, 0.25) is 0 Å². The zero-order chi connectivity index (χ0) is 18.8. The Balaban J connectivity index is 0. The highest BCUT2D eigenvalue weighted by molar-refractivity contribution is 5.93. The summed E-state index contributed by atoms with van der Waals surface area (Å²) < 4.78 is 0. The largest absolute Gasteiger partial charge is 0.295 e. The molecule has 0 aliphatic heterocycles. The van der Waals surface area contributed by atoms with Gasteiger partial charge in [-0.3, -0.25) is 4.79 Å². The van der Waals surface area contributed by atoms with Crippen LogP contribution in [0.15, 0.2) is 59.8 Å². The summed E-state index contributed by atoms with van der Waals surface area (Å²) in [5, 5.41) is 0. The molecule has 1 rings (SSSR count). The Bertz CT molecular complexity index is 519. The molecule has 24 heavy (non-hydrogen) atoms. The molecule has 1 nitrogen and oxygen atoms in total. The van der Waals surface area contributed by atoms with Gasteiger partial charge in [-0.05, 0) is 43.8 Å². The third-order valence-electron chi connectivity index (χ3n) is 3.44. The van der Waals surface area contributed by atoms with Gasteiger partial charge in [0.1, 0.15) is 0 Å². The molecule has 0 bridgehead atoms. The van der Waals surface area contributed by atoms with E-state index in [0.29, 0.717) is 5.92 Å². The van der Waals surface area contributed by atoms with Gasteiger partial charge in [0.25, 0.3) is 0 Å². The molecule has 0 radical (unpaired) electrons. The highest BCUT2D eigenvalue weighted by Gasteiger charge is 2.01. The lowest BCUT2D eigenvalue weighted by molar-refractivity contribution is -0.113. The molecule has 1 aliphatic carbocycles. The maximum Gasteiger partial charge on any atom is 0.156 e. The van der Waals surface area contributed by atoms with Crippen LogP contribution in [-0.2, 0) is 4.79 Å². The van der Waals surface area contributed by atoms with Crippen LogP contribution in [0.5, 0.6) is 0 Å². The molecule has 0 N–H and O–H groups in total. The number of allylic oxidation sites excluding steroid dienone is 10. The van der Waals surface area contributed by atoms with Gasteiger partial charge in [-0.1, -0.05) is 76.3 Å². The molecule has 1 aliphatic rings. The van der Waals surface area contributed by atoms with E-state index in [2.05, 4.69) is 38.0 Å². The Morgan fingerprint density at radius 2 is 2.00 bits per heavy atom. The highest BCUT2D eigenvalue weighted by atomic mass is 16.1. The summed E-state index contributed by atoms with van der Waals surface area (Å²) in [7, 11) is 0. The predicted molar refractivity (Wildman–Crippen MR) is 109 cm³/mol. The first-order valence-electron chi connectivity index (χ1n) is 8.86. The van der Waals surface area contributed by atoms with Crippen LogP contribution in [-0.4, -0.2) is 5.78 Å². The third-order valence-corrected chi connectivity index (χ3v) is 3.44. The number of hydrogen-bond acceptors (Lipinski definition) is 1. The highest BCUT2D eigenvalue weighted by Crippen LogP contribution is 2.16. The normalized spacial score (nSPS) is 14.4. The van der Waals surface area contributed by atoms with E-state index in [9.17, 15) is 4.79 Å². The summed E-state index contributed by atoms with van der Waals surface area (Å²) in [5.41, 5.74) is 2.24. The van der Waals surface area contributed by atoms with Gasteiger partial charge >= 0.3 is 0 Å². The van der Waals surface area contributed by atoms with Crippen LogP contribution >= 0.6 is 0 Å². The Hall–Kier alpha value is -2.07. The fourth-order valence-electron chi connectivity index (χ4n) is 1.88. The molecule has 0 aromatic heterocycles. The summed E-state index contributed by atoms with van der Waals surface area (Å²) in [6, 6.07) is 0. The van der Waals surface area contributed by atoms with Crippen LogP contribution in [0.1, 0.15) is 60.8 Å². The van der Waals surface area contributed by atoms with Crippen molar-refractivity contribution in [1.82, 2.24) is 0 Å². The SMILES string of the molecule is C#CC/C=C(\C=C/C)C(C)CC.CC.CC(=O)C1=CC=CC=CC1. The van der Waals surface area contributed by atoms with E-state index >= 15 is 0 Å². The number of ketones is 1. The number of carbonyl (C=O) groups excluding carboxylic acids is 1. The van der Waals surface area contributed by atoms with Crippen LogP contribution in [0, 0.1) is 18.3 Å². The summed E-state index contributed by atoms with van der Waals surface area (Å²) in [6.45, 7) is 12.0.